The number of ketones is 1. The van der Waals surface area contributed by atoms with Crippen molar-refractivity contribution in [1.82, 2.24) is 0 Å². The van der Waals surface area contributed by atoms with Crippen LogP contribution in [0.2, 0.25) is 0 Å². The van der Waals surface area contributed by atoms with Crippen LogP contribution in [0.25, 0.3) is 0 Å². The second-order valence-electron chi connectivity index (χ2n) is 3.04. The van der Waals surface area contributed by atoms with E-state index in [1.54, 1.807) is 6.92 Å². The van der Waals surface area contributed by atoms with Gasteiger partial charge in [-0.3, -0.25) is 4.79 Å². The highest BCUT2D eigenvalue weighted by molar-refractivity contribution is 8.03. The highest BCUT2D eigenvalue weighted by Gasteiger charge is 2.12. The molecule has 0 amide bonds. The molecule has 1 aromatic rings. The summed E-state index contributed by atoms with van der Waals surface area (Å²) < 4.78 is 25.7. The fraction of sp³-hybridized carbons (Fsp3) is 0.182. The third-order valence-corrected chi connectivity index (χ3v) is 2.58. The third kappa shape index (κ3) is 3.47. The van der Waals surface area contributed by atoms with Crippen molar-refractivity contribution in [3.05, 3.63) is 46.9 Å². The Hall–Kier alpha value is -1.16. The molecule has 0 heterocycles. The summed E-state index contributed by atoms with van der Waals surface area (Å²) in [5.41, 5.74) is -0.0786. The van der Waals surface area contributed by atoms with Crippen LogP contribution in [0.5, 0.6) is 0 Å². The van der Waals surface area contributed by atoms with Gasteiger partial charge in [-0.15, -0.1) is 11.8 Å². The normalized spacial score (nSPS) is 10.1. The number of Topliss-reactive ketones (excluding diaryl/α,β-unsaturated/α-hetero) is 1. The first kappa shape index (κ1) is 11.9. The summed E-state index contributed by atoms with van der Waals surface area (Å²) in [5.74, 6) is -1.74. The maximum atomic E-state index is 13.1. The van der Waals surface area contributed by atoms with Crippen LogP contribution in [-0.2, 0) is 0 Å². The van der Waals surface area contributed by atoms with Gasteiger partial charge in [0.15, 0.2) is 5.78 Å². The third-order valence-electron chi connectivity index (χ3n) is 1.68. The molecule has 0 saturated carbocycles. The van der Waals surface area contributed by atoms with Crippen LogP contribution < -0.4 is 0 Å². The molecule has 15 heavy (non-hydrogen) atoms. The number of carbonyl (C=O) groups is 1. The van der Waals surface area contributed by atoms with Crippen molar-refractivity contribution in [3.8, 4) is 0 Å². The van der Waals surface area contributed by atoms with Crippen LogP contribution in [-0.4, -0.2) is 11.5 Å². The number of hydrogen-bond acceptors (Lipinski definition) is 2. The first-order valence-electron chi connectivity index (χ1n) is 4.27. The number of thioether (sulfide) groups is 1. The van der Waals surface area contributed by atoms with Gasteiger partial charge in [0.2, 0.25) is 0 Å². The van der Waals surface area contributed by atoms with E-state index in [-0.39, 0.29) is 17.1 Å². The van der Waals surface area contributed by atoms with Crippen LogP contribution in [0.15, 0.2) is 29.7 Å². The van der Waals surface area contributed by atoms with Gasteiger partial charge in [0.25, 0.3) is 0 Å². The standard InChI is InChI=1S/C11H10F2OS/c1-7(2)15-6-11(14)9-4-3-8(12)5-10(9)13/h3-5H,1,6H2,2H3. The summed E-state index contributed by atoms with van der Waals surface area (Å²) in [6, 6.07) is 2.94. The van der Waals surface area contributed by atoms with Crippen molar-refractivity contribution >= 4 is 17.5 Å². The van der Waals surface area contributed by atoms with Gasteiger partial charge in [-0.1, -0.05) is 6.58 Å². The molecule has 1 nitrogen and oxygen atoms in total. The Morgan fingerprint density at radius 1 is 1.47 bits per heavy atom. The van der Waals surface area contributed by atoms with Gasteiger partial charge in [-0.05, 0) is 24.0 Å². The number of halogens is 2. The summed E-state index contributed by atoms with van der Waals surface area (Å²) in [4.78, 5) is 12.2. The van der Waals surface area contributed by atoms with Crippen LogP contribution in [0.3, 0.4) is 0 Å². The molecule has 4 heteroatoms. The summed E-state index contributed by atoms with van der Waals surface area (Å²) in [6.07, 6.45) is 0. The average molecular weight is 228 g/mol. The van der Waals surface area contributed by atoms with E-state index in [4.69, 9.17) is 0 Å². The summed E-state index contributed by atoms with van der Waals surface area (Å²) in [7, 11) is 0. The lowest BCUT2D eigenvalue weighted by atomic mass is 10.1. The number of allylic oxidation sites excluding steroid dienone is 1. The predicted molar refractivity (Wildman–Crippen MR) is 58.0 cm³/mol. The van der Waals surface area contributed by atoms with Crippen molar-refractivity contribution in [2.75, 3.05) is 5.75 Å². The summed E-state index contributed by atoms with van der Waals surface area (Å²) in [6.45, 7) is 5.38. The predicted octanol–water partition coefficient (Wildman–Crippen LogP) is 3.41. The van der Waals surface area contributed by atoms with Gasteiger partial charge in [-0.2, -0.15) is 0 Å². The second-order valence-corrected chi connectivity index (χ2v) is 4.31. The lowest BCUT2D eigenvalue weighted by Crippen LogP contribution is -2.05. The molecule has 0 aliphatic heterocycles. The first-order valence-corrected chi connectivity index (χ1v) is 5.26. The van der Waals surface area contributed by atoms with Crippen LogP contribution in [0.4, 0.5) is 8.78 Å². The molecule has 0 saturated heterocycles. The fourth-order valence-electron chi connectivity index (χ4n) is 0.982. The number of rotatable bonds is 4. The zero-order chi connectivity index (χ0) is 11.4. The molecule has 0 unspecified atom stereocenters. The molecule has 80 valence electrons. The van der Waals surface area contributed by atoms with Gasteiger partial charge in [0, 0.05) is 6.07 Å². The largest absolute Gasteiger partial charge is 0.293 e. The van der Waals surface area contributed by atoms with Gasteiger partial charge in [-0.25, -0.2) is 8.78 Å². The quantitative estimate of drug-likeness (QED) is 0.734. The van der Waals surface area contributed by atoms with E-state index in [0.29, 0.717) is 6.07 Å². The topological polar surface area (TPSA) is 17.1 Å². The molecular formula is C11H10F2OS. The maximum absolute atomic E-state index is 13.1. The molecule has 0 spiro atoms. The smallest absolute Gasteiger partial charge is 0.176 e. The highest BCUT2D eigenvalue weighted by atomic mass is 32.2. The molecule has 0 aromatic heterocycles. The highest BCUT2D eigenvalue weighted by Crippen LogP contribution is 2.16. The molecule has 0 fully saturated rings. The van der Waals surface area contributed by atoms with Crippen molar-refractivity contribution < 1.29 is 13.6 Å². The van der Waals surface area contributed by atoms with Gasteiger partial charge < -0.3 is 0 Å². The minimum atomic E-state index is -0.817. The molecule has 0 aliphatic rings. The first-order chi connectivity index (χ1) is 7.00. The number of carbonyl (C=O) groups excluding carboxylic acids is 1. The van der Waals surface area contributed by atoms with Gasteiger partial charge in [0.1, 0.15) is 11.6 Å². The number of benzene rings is 1. The summed E-state index contributed by atoms with van der Waals surface area (Å²) in [5, 5.41) is 0. The minimum absolute atomic E-state index is 0.0786. The van der Waals surface area contributed by atoms with Gasteiger partial charge in [0.05, 0.1) is 11.3 Å². The number of hydrogen-bond donors (Lipinski definition) is 0. The molecule has 0 atom stereocenters. The Kier molecular flexibility index (Phi) is 4.03. The van der Waals surface area contributed by atoms with E-state index in [2.05, 4.69) is 6.58 Å². The SMILES string of the molecule is C=C(C)SCC(=O)c1ccc(F)cc1F. The van der Waals surface area contributed by atoms with E-state index in [1.165, 1.54) is 11.8 Å². The van der Waals surface area contributed by atoms with E-state index in [0.717, 1.165) is 17.0 Å². The Morgan fingerprint density at radius 2 is 2.13 bits per heavy atom. The summed E-state index contributed by atoms with van der Waals surface area (Å²) >= 11 is 1.24. The van der Waals surface area contributed by atoms with E-state index < -0.39 is 11.6 Å². The molecule has 0 N–H and O–H groups in total. The molecule has 1 rings (SSSR count). The zero-order valence-corrected chi connectivity index (χ0v) is 9.04. The van der Waals surface area contributed by atoms with Crippen molar-refractivity contribution in [2.45, 2.75) is 6.92 Å². The molecule has 0 radical (unpaired) electrons. The van der Waals surface area contributed by atoms with Crippen LogP contribution in [0.1, 0.15) is 17.3 Å². The fourth-order valence-corrected chi connectivity index (χ4v) is 1.52. The minimum Gasteiger partial charge on any atom is -0.293 e. The van der Waals surface area contributed by atoms with E-state index in [1.807, 2.05) is 0 Å². The molecule has 0 aliphatic carbocycles. The van der Waals surface area contributed by atoms with Crippen molar-refractivity contribution in [1.29, 1.82) is 0 Å². The van der Waals surface area contributed by atoms with Crippen molar-refractivity contribution in [2.24, 2.45) is 0 Å². The van der Waals surface area contributed by atoms with Gasteiger partial charge >= 0.3 is 0 Å². The lowest BCUT2D eigenvalue weighted by Gasteiger charge is -2.02. The molecule has 0 bridgehead atoms. The Bertz CT molecular complexity index is 402. The van der Waals surface area contributed by atoms with Crippen molar-refractivity contribution in [3.63, 3.8) is 0 Å². The van der Waals surface area contributed by atoms with Crippen LogP contribution in [0, 0.1) is 11.6 Å². The maximum Gasteiger partial charge on any atom is 0.176 e. The van der Waals surface area contributed by atoms with Crippen LogP contribution >= 0.6 is 11.8 Å². The monoisotopic (exact) mass is 228 g/mol. The average Bonchev–Trinajstić information content (AvgIpc) is 2.14. The Labute approximate surface area is 91.2 Å². The molecular weight excluding hydrogens is 218 g/mol. The van der Waals surface area contributed by atoms with E-state index in [9.17, 15) is 13.6 Å². The second kappa shape index (κ2) is 5.07. The van der Waals surface area contributed by atoms with E-state index >= 15 is 0 Å². The zero-order valence-electron chi connectivity index (χ0n) is 8.22. The Balaban J connectivity index is 2.78. The molecule has 1 aromatic carbocycles. The lowest BCUT2D eigenvalue weighted by molar-refractivity contribution is 0.101. The Morgan fingerprint density at radius 3 is 2.67 bits per heavy atom.